The zero-order chi connectivity index (χ0) is 5.98. The van der Waals surface area contributed by atoms with Gasteiger partial charge in [-0.1, -0.05) is 17.7 Å². The minimum atomic E-state index is -0.688. The van der Waals surface area contributed by atoms with E-state index in [1.807, 2.05) is 6.08 Å². The van der Waals surface area contributed by atoms with E-state index in [1.165, 1.54) is 0 Å². The van der Waals surface area contributed by atoms with Gasteiger partial charge in [-0.25, -0.2) is 4.39 Å². The van der Waals surface area contributed by atoms with Crippen LogP contribution in [-0.2, 0) is 0 Å². The first kappa shape index (κ1) is 6.09. The van der Waals surface area contributed by atoms with Gasteiger partial charge in [0.15, 0.2) is 0 Å². The summed E-state index contributed by atoms with van der Waals surface area (Å²) in [6.45, 7) is 0. The van der Waals surface area contributed by atoms with E-state index in [4.69, 9.17) is 11.6 Å². The van der Waals surface area contributed by atoms with Gasteiger partial charge in [0.05, 0.1) is 0 Å². The maximum absolute atomic E-state index is 12.3. The highest BCUT2D eigenvalue weighted by atomic mass is 35.5. The zero-order valence-electron chi connectivity index (χ0n) is 4.53. The lowest BCUT2D eigenvalue weighted by molar-refractivity contribution is 0.309. The molecule has 1 unspecified atom stereocenters. The predicted octanol–water partition coefficient (Wildman–Crippen LogP) is 2.63. The maximum atomic E-state index is 12.3. The van der Waals surface area contributed by atoms with Crippen LogP contribution in [0.15, 0.2) is 11.1 Å². The molecule has 0 spiro atoms. The van der Waals surface area contributed by atoms with E-state index in [0.717, 1.165) is 6.42 Å². The van der Waals surface area contributed by atoms with Crippen molar-refractivity contribution in [3.63, 3.8) is 0 Å². The minimum Gasteiger partial charge on any atom is -0.247 e. The van der Waals surface area contributed by atoms with Crippen LogP contribution in [-0.4, -0.2) is 6.17 Å². The Morgan fingerprint density at radius 2 is 2.50 bits per heavy atom. The van der Waals surface area contributed by atoms with Crippen molar-refractivity contribution in [3.05, 3.63) is 11.1 Å². The fraction of sp³-hybridized carbons (Fsp3) is 0.667. The number of hydrogen-bond donors (Lipinski definition) is 0. The van der Waals surface area contributed by atoms with Crippen LogP contribution in [0, 0.1) is 0 Å². The Hall–Kier alpha value is -0.0400. The summed E-state index contributed by atoms with van der Waals surface area (Å²) < 4.78 is 12.3. The van der Waals surface area contributed by atoms with Gasteiger partial charge < -0.3 is 0 Å². The van der Waals surface area contributed by atoms with Gasteiger partial charge in [-0.2, -0.15) is 0 Å². The summed E-state index contributed by atoms with van der Waals surface area (Å²) in [4.78, 5) is 0. The average molecular weight is 135 g/mol. The molecular formula is C6H8ClF. The first-order chi connectivity index (χ1) is 3.79. The summed E-state index contributed by atoms with van der Waals surface area (Å²) in [6, 6.07) is 0. The summed E-state index contributed by atoms with van der Waals surface area (Å²) in [6.07, 6.45) is 3.09. The largest absolute Gasteiger partial charge is 0.247 e. The van der Waals surface area contributed by atoms with E-state index < -0.39 is 6.17 Å². The molecule has 0 radical (unpaired) electrons. The molecule has 0 bridgehead atoms. The number of allylic oxidation sites excluding steroid dienone is 2. The van der Waals surface area contributed by atoms with Crippen LogP contribution in [0.2, 0.25) is 0 Å². The third-order valence-electron chi connectivity index (χ3n) is 1.26. The highest BCUT2D eigenvalue weighted by Gasteiger charge is 2.11. The second-order valence-corrected chi connectivity index (χ2v) is 2.52. The van der Waals surface area contributed by atoms with Crippen molar-refractivity contribution in [1.29, 1.82) is 0 Å². The fourth-order valence-corrected chi connectivity index (χ4v) is 1.09. The molecule has 0 saturated carbocycles. The Morgan fingerprint density at radius 3 is 2.88 bits per heavy atom. The van der Waals surface area contributed by atoms with E-state index in [1.54, 1.807) is 0 Å². The zero-order valence-corrected chi connectivity index (χ0v) is 5.29. The molecule has 0 amide bonds. The molecule has 0 nitrogen and oxygen atoms in total. The molecular weight excluding hydrogens is 127 g/mol. The molecule has 0 aromatic heterocycles. The van der Waals surface area contributed by atoms with Crippen LogP contribution in [0.4, 0.5) is 4.39 Å². The Kier molecular flexibility index (Phi) is 1.90. The van der Waals surface area contributed by atoms with Crippen molar-refractivity contribution in [2.24, 2.45) is 0 Å². The summed E-state index contributed by atoms with van der Waals surface area (Å²) in [5.74, 6) is 0. The molecule has 46 valence electrons. The molecule has 2 heteroatoms. The quantitative estimate of drug-likeness (QED) is 0.478. The van der Waals surface area contributed by atoms with Crippen LogP contribution in [0.5, 0.6) is 0 Å². The van der Waals surface area contributed by atoms with E-state index in [-0.39, 0.29) is 0 Å². The Morgan fingerprint density at radius 1 is 1.75 bits per heavy atom. The molecule has 0 aromatic rings. The van der Waals surface area contributed by atoms with E-state index in [0.29, 0.717) is 17.9 Å². The van der Waals surface area contributed by atoms with Crippen molar-refractivity contribution in [2.75, 3.05) is 0 Å². The van der Waals surface area contributed by atoms with Gasteiger partial charge in [0.2, 0.25) is 0 Å². The van der Waals surface area contributed by atoms with Crippen molar-refractivity contribution >= 4 is 11.6 Å². The number of hydrogen-bond acceptors (Lipinski definition) is 0. The van der Waals surface area contributed by atoms with Crippen molar-refractivity contribution < 1.29 is 4.39 Å². The summed E-state index contributed by atoms with van der Waals surface area (Å²) >= 11 is 5.53. The molecule has 0 heterocycles. The molecule has 1 aliphatic rings. The molecule has 1 atom stereocenters. The predicted molar refractivity (Wildman–Crippen MR) is 32.7 cm³/mol. The van der Waals surface area contributed by atoms with Crippen LogP contribution >= 0.6 is 11.6 Å². The number of alkyl halides is 1. The Bertz CT molecular complexity index is 109. The standard InChI is InChI=1S/C6H8ClF/c7-5-2-1-3-6(8)4-5/h2,6H,1,3-4H2. The molecule has 0 aliphatic heterocycles. The first-order valence-electron chi connectivity index (χ1n) is 2.77. The van der Waals surface area contributed by atoms with Crippen molar-refractivity contribution in [3.8, 4) is 0 Å². The second kappa shape index (κ2) is 2.49. The van der Waals surface area contributed by atoms with Gasteiger partial charge in [-0.3, -0.25) is 0 Å². The van der Waals surface area contributed by atoms with E-state index >= 15 is 0 Å². The first-order valence-corrected chi connectivity index (χ1v) is 3.15. The SMILES string of the molecule is FC1CCC=C(Cl)C1. The topological polar surface area (TPSA) is 0 Å². The molecule has 0 fully saturated rings. The van der Waals surface area contributed by atoms with Crippen molar-refractivity contribution in [2.45, 2.75) is 25.4 Å². The molecule has 1 rings (SSSR count). The van der Waals surface area contributed by atoms with Crippen LogP contribution in [0.1, 0.15) is 19.3 Å². The summed E-state index contributed by atoms with van der Waals surface area (Å²) in [7, 11) is 0. The van der Waals surface area contributed by atoms with Crippen LogP contribution < -0.4 is 0 Å². The number of halogens is 2. The lowest BCUT2D eigenvalue weighted by Crippen LogP contribution is -2.03. The summed E-state index contributed by atoms with van der Waals surface area (Å²) in [5.41, 5.74) is 0. The third kappa shape index (κ3) is 1.48. The van der Waals surface area contributed by atoms with Gasteiger partial charge in [0.25, 0.3) is 0 Å². The second-order valence-electron chi connectivity index (χ2n) is 2.03. The van der Waals surface area contributed by atoms with E-state index in [2.05, 4.69) is 0 Å². The Balaban J connectivity index is 2.45. The Labute approximate surface area is 53.3 Å². The lowest BCUT2D eigenvalue weighted by atomic mass is 10.1. The molecule has 0 N–H and O–H groups in total. The van der Waals surface area contributed by atoms with Crippen molar-refractivity contribution in [1.82, 2.24) is 0 Å². The van der Waals surface area contributed by atoms with Gasteiger partial charge in [-0.15, -0.1) is 0 Å². The highest BCUT2D eigenvalue weighted by molar-refractivity contribution is 6.29. The van der Waals surface area contributed by atoms with Crippen LogP contribution in [0.3, 0.4) is 0 Å². The van der Waals surface area contributed by atoms with Gasteiger partial charge in [-0.05, 0) is 12.8 Å². The normalized spacial score (nSPS) is 29.8. The minimum absolute atomic E-state index is 0.432. The average Bonchev–Trinajstić information content (AvgIpc) is 1.64. The van der Waals surface area contributed by atoms with Gasteiger partial charge in [0.1, 0.15) is 6.17 Å². The smallest absolute Gasteiger partial charge is 0.105 e. The maximum Gasteiger partial charge on any atom is 0.105 e. The van der Waals surface area contributed by atoms with Gasteiger partial charge in [0, 0.05) is 11.5 Å². The molecule has 0 aromatic carbocycles. The number of rotatable bonds is 0. The monoisotopic (exact) mass is 134 g/mol. The molecule has 0 saturated heterocycles. The fourth-order valence-electron chi connectivity index (χ4n) is 0.818. The lowest BCUT2D eigenvalue weighted by Gasteiger charge is -2.10. The van der Waals surface area contributed by atoms with Gasteiger partial charge >= 0.3 is 0 Å². The molecule has 1 aliphatic carbocycles. The third-order valence-corrected chi connectivity index (χ3v) is 1.57. The highest BCUT2D eigenvalue weighted by Crippen LogP contribution is 2.22. The molecule has 8 heavy (non-hydrogen) atoms. The summed E-state index contributed by atoms with van der Waals surface area (Å²) in [5, 5.41) is 0.684. The van der Waals surface area contributed by atoms with E-state index in [9.17, 15) is 4.39 Å². The van der Waals surface area contributed by atoms with Crippen LogP contribution in [0.25, 0.3) is 0 Å².